The Morgan fingerprint density at radius 1 is 1.45 bits per heavy atom. The molecule has 1 heterocycles. The van der Waals surface area contributed by atoms with Crippen molar-refractivity contribution in [2.24, 2.45) is 0 Å². The maximum Gasteiger partial charge on any atom is 0.328 e. The Hall–Kier alpha value is -2.33. The van der Waals surface area contributed by atoms with E-state index in [2.05, 4.69) is 20.9 Å². The molecule has 2 aromatic rings. The van der Waals surface area contributed by atoms with E-state index in [0.29, 0.717) is 16.9 Å². The van der Waals surface area contributed by atoms with Gasteiger partial charge in [0.15, 0.2) is 0 Å². The summed E-state index contributed by atoms with van der Waals surface area (Å²) in [6.45, 7) is 0.0929. The lowest BCUT2D eigenvalue weighted by atomic mass is 10.1. The number of benzene rings is 1. The highest BCUT2D eigenvalue weighted by Crippen LogP contribution is 2.19. The molecule has 0 atom stereocenters. The fourth-order valence-electron chi connectivity index (χ4n) is 1.74. The number of methoxy groups -OCH3 is 1. The molecule has 1 aromatic carbocycles. The average molecular weight is 336 g/mol. The molecule has 0 unspecified atom stereocenters. The van der Waals surface area contributed by atoms with Gasteiger partial charge in [0.05, 0.1) is 23.7 Å². The summed E-state index contributed by atoms with van der Waals surface area (Å²) in [4.78, 5) is 26.0. The van der Waals surface area contributed by atoms with Crippen LogP contribution in [0, 0.1) is 11.3 Å². The molecule has 0 fully saturated rings. The topological polar surface area (TPSA) is 87.9 Å². The quantitative estimate of drug-likeness (QED) is 0.913. The van der Waals surface area contributed by atoms with E-state index in [1.165, 1.54) is 13.3 Å². The van der Waals surface area contributed by atoms with Crippen LogP contribution in [0.3, 0.4) is 0 Å². The van der Waals surface area contributed by atoms with Gasteiger partial charge in [0, 0.05) is 6.20 Å². The van der Waals surface area contributed by atoms with Gasteiger partial charge in [-0.2, -0.15) is 5.26 Å². The van der Waals surface area contributed by atoms with Crippen molar-refractivity contribution in [3.63, 3.8) is 0 Å². The van der Waals surface area contributed by atoms with Crippen molar-refractivity contribution >= 4 is 15.9 Å². The van der Waals surface area contributed by atoms with Gasteiger partial charge in [-0.3, -0.25) is 9.36 Å². The van der Waals surface area contributed by atoms with Crippen molar-refractivity contribution in [2.75, 3.05) is 7.11 Å². The molecular formula is C13H10BrN3O3. The van der Waals surface area contributed by atoms with Gasteiger partial charge in [-0.15, -0.1) is 0 Å². The molecule has 0 bridgehead atoms. The zero-order valence-corrected chi connectivity index (χ0v) is 12.1. The number of H-pyrrole nitrogens is 1. The molecule has 2 rings (SSSR count). The van der Waals surface area contributed by atoms with Crippen LogP contribution >= 0.6 is 15.9 Å². The summed E-state index contributed by atoms with van der Waals surface area (Å²) in [6, 6.07) is 6.89. The van der Waals surface area contributed by atoms with Gasteiger partial charge >= 0.3 is 5.69 Å². The summed E-state index contributed by atoms with van der Waals surface area (Å²) < 4.78 is 6.43. The zero-order valence-electron chi connectivity index (χ0n) is 10.5. The molecule has 7 heteroatoms. The predicted octanol–water partition coefficient (Wildman–Crippen LogP) is 1.23. The monoisotopic (exact) mass is 335 g/mol. The van der Waals surface area contributed by atoms with E-state index in [9.17, 15) is 9.59 Å². The van der Waals surface area contributed by atoms with E-state index in [1.807, 2.05) is 6.07 Å². The number of ether oxygens (including phenoxy) is 1. The fraction of sp³-hybridized carbons (Fsp3) is 0.154. The molecule has 0 spiro atoms. The van der Waals surface area contributed by atoms with Crippen LogP contribution in [0.4, 0.5) is 0 Å². The maximum absolute atomic E-state index is 11.9. The highest BCUT2D eigenvalue weighted by molar-refractivity contribution is 9.10. The van der Waals surface area contributed by atoms with Crippen LogP contribution < -0.4 is 16.0 Å². The lowest BCUT2D eigenvalue weighted by Crippen LogP contribution is -2.35. The van der Waals surface area contributed by atoms with Crippen LogP contribution in [0.1, 0.15) is 11.1 Å². The minimum Gasteiger partial charge on any atom is -0.495 e. The van der Waals surface area contributed by atoms with E-state index < -0.39 is 11.2 Å². The number of aromatic nitrogens is 2. The molecule has 1 aromatic heterocycles. The molecule has 0 aliphatic heterocycles. The average Bonchev–Trinajstić information content (AvgIpc) is 2.47. The van der Waals surface area contributed by atoms with Gasteiger partial charge in [0.25, 0.3) is 5.56 Å². The number of hydrogen-bond acceptors (Lipinski definition) is 4. The van der Waals surface area contributed by atoms with Crippen LogP contribution in [0.5, 0.6) is 5.75 Å². The lowest BCUT2D eigenvalue weighted by molar-refractivity contribution is 0.412. The molecule has 1 N–H and O–H groups in total. The number of rotatable bonds is 3. The second-order valence-corrected chi connectivity index (χ2v) is 4.83. The summed E-state index contributed by atoms with van der Waals surface area (Å²) in [7, 11) is 1.46. The Labute approximate surface area is 122 Å². The third-order valence-corrected chi connectivity index (χ3v) is 3.31. The van der Waals surface area contributed by atoms with E-state index in [1.54, 1.807) is 18.2 Å². The smallest absolute Gasteiger partial charge is 0.328 e. The number of aromatic amines is 1. The van der Waals surface area contributed by atoms with Crippen LogP contribution in [-0.4, -0.2) is 16.7 Å². The molecule has 0 saturated carbocycles. The summed E-state index contributed by atoms with van der Waals surface area (Å²) in [6.07, 6.45) is 1.31. The Balaban J connectivity index is 2.47. The molecule has 20 heavy (non-hydrogen) atoms. The zero-order chi connectivity index (χ0) is 14.7. The number of hydrogen-bond donors (Lipinski definition) is 1. The third kappa shape index (κ3) is 2.65. The molecule has 0 saturated heterocycles. The standard InChI is InChI=1S/C13H10BrN3O3/c1-20-11-4-8(2-3-9(11)5-15)7-17-12(18)10(14)6-16-13(17)19/h2-4,6H,7H2,1H3,(H,16,19). The van der Waals surface area contributed by atoms with Gasteiger partial charge < -0.3 is 9.72 Å². The van der Waals surface area contributed by atoms with Crippen molar-refractivity contribution in [3.8, 4) is 11.8 Å². The second kappa shape index (κ2) is 5.75. The fourth-order valence-corrected chi connectivity index (χ4v) is 2.07. The number of halogens is 1. The molecular weight excluding hydrogens is 326 g/mol. The van der Waals surface area contributed by atoms with Gasteiger partial charge in [0.1, 0.15) is 11.8 Å². The highest BCUT2D eigenvalue weighted by atomic mass is 79.9. The summed E-state index contributed by atoms with van der Waals surface area (Å²) >= 11 is 3.07. The summed E-state index contributed by atoms with van der Waals surface area (Å²) in [5, 5.41) is 8.91. The molecule has 0 amide bonds. The SMILES string of the molecule is COc1cc(Cn2c(=O)[nH]cc(Br)c2=O)ccc1C#N. The van der Waals surface area contributed by atoms with Crippen molar-refractivity contribution in [2.45, 2.75) is 6.54 Å². The lowest BCUT2D eigenvalue weighted by Gasteiger charge is -2.08. The van der Waals surface area contributed by atoms with E-state index in [-0.39, 0.29) is 11.0 Å². The Morgan fingerprint density at radius 2 is 2.20 bits per heavy atom. The number of nitrogens with zero attached hydrogens (tertiary/aromatic N) is 2. The molecule has 0 aliphatic rings. The Morgan fingerprint density at radius 3 is 2.85 bits per heavy atom. The minimum atomic E-state index is -0.499. The van der Waals surface area contributed by atoms with Crippen molar-refractivity contribution < 1.29 is 4.74 Å². The van der Waals surface area contributed by atoms with Gasteiger partial charge in [-0.05, 0) is 33.6 Å². The first kappa shape index (κ1) is 14.1. The Kier molecular flexibility index (Phi) is 4.05. The van der Waals surface area contributed by atoms with Crippen molar-refractivity contribution in [1.82, 2.24) is 9.55 Å². The summed E-state index contributed by atoms with van der Waals surface area (Å²) in [5.74, 6) is 0.407. The first-order valence-corrected chi connectivity index (χ1v) is 6.41. The Bertz CT molecular complexity index is 802. The number of nitrogens with one attached hydrogen (secondary N) is 1. The van der Waals surface area contributed by atoms with Gasteiger partial charge in [0.2, 0.25) is 0 Å². The van der Waals surface area contributed by atoms with Gasteiger partial charge in [-0.25, -0.2) is 4.79 Å². The largest absolute Gasteiger partial charge is 0.495 e. The normalized spacial score (nSPS) is 10.1. The minimum absolute atomic E-state index is 0.0929. The highest BCUT2D eigenvalue weighted by Gasteiger charge is 2.08. The molecule has 0 radical (unpaired) electrons. The van der Waals surface area contributed by atoms with Crippen LogP contribution in [-0.2, 0) is 6.54 Å². The van der Waals surface area contributed by atoms with E-state index in [0.717, 1.165) is 4.57 Å². The molecule has 102 valence electrons. The third-order valence-electron chi connectivity index (χ3n) is 2.74. The predicted molar refractivity (Wildman–Crippen MR) is 75.8 cm³/mol. The van der Waals surface area contributed by atoms with Crippen LogP contribution in [0.25, 0.3) is 0 Å². The molecule has 6 nitrogen and oxygen atoms in total. The van der Waals surface area contributed by atoms with Crippen molar-refractivity contribution in [1.29, 1.82) is 5.26 Å². The first-order valence-electron chi connectivity index (χ1n) is 5.62. The van der Waals surface area contributed by atoms with Crippen LogP contribution in [0.2, 0.25) is 0 Å². The summed E-state index contributed by atoms with van der Waals surface area (Å²) in [5.41, 5.74) is 0.164. The van der Waals surface area contributed by atoms with E-state index in [4.69, 9.17) is 10.00 Å². The maximum atomic E-state index is 11.9. The van der Waals surface area contributed by atoms with Crippen molar-refractivity contribution in [3.05, 3.63) is 60.8 Å². The van der Waals surface area contributed by atoms with E-state index >= 15 is 0 Å². The number of nitriles is 1. The van der Waals surface area contributed by atoms with Crippen LogP contribution in [0.15, 0.2) is 38.5 Å². The first-order chi connectivity index (χ1) is 9.56. The van der Waals surface area contributed by atoms with Gasteiger partial charge in [-0.1, -0.05) is 6.07 Å². The molecule has 0 aliphatic carbocycles. The second-order valence-electron chi connectivity index (χ2n) is 3.98.